The van der Waals surface area contributed by atoms with E-state index in [1.54, 1.807) is 7.05 Å². The molecule has 166 valence electrons. The number of halogens is 2. The molecule has 4 unspecified atom stereocenters. The summed E-state index contributed by atoms with van der Waals surface area (Å²) in [6, 6.07) is 8.05. The molecule has 0 spiro atoms. The molecule has 1 heterocycles. The Bertz CT molecular complexity index is 915. The number of carbonyl (C=O) groups excluding carboxylic acids is 2. The van der Waals surface area contributed by atoms with Crippen LogP contribution in [-0.2, 0) is 15.0 Å². The van der Waals surface area contributed by atoms with Crippen molar-refractivity contribution in [3.05, 3.63) is 47.0 Å². The first-order chi connectivity index (χ1) is 14.5. The van der Waals surface area contributed by atoms with E-state index >= 15 is 0 Å². The number of rotatable bonds is 6. The Morgan fingerprint density at radius 3 is 2.42 bits per heavy atom. The zero-order valence-corrected chi connectivity index (χ0v) is 20.6. The Hall–Kier alpha value is -1.61. The molecule has 2 N–H and O–H groups in total. The van der Waals surface area contributed by atoms with Gasteiger partial charge in [-0.25, -0.2) is 0 Å². The van der Waals surface area contributed by atoms with E-state index in [4.69, 9.17) is 11.6 Å². The normalized spacial score (nSPS) is 29.7. The molecule has 3 fully saturated rings. The Morgan fingerprint density at radius 2 is 1.84 bits per heavy atom. The van der Waals surface area contributed by atoms with Crippen LogP contribution in [0.4, 0.5) is 0 Å². The number of nitrogens with one attached hydrogen (secondary N) is 2. The Labute approximate surface area is 204 Å². The Morgan fingerprint density at radius 1 is 1.16 bits per heavy atom. The lowest BCUT2D eigenvalue weighted by molar-refractivity contribution is -0.140. The van der Waals surface area contributed by atoms with Gasteiger partial charge in [-0.05, 0) is 48.8 Å². The summed E-state index contributed by atoms with van der Waals surface area (Å²) in [6.07, 6.45) is 7.45. The number of likely N-dealkylation sites (tertiary alicyclic amines) is 1. The van der Waals surface area contributed by atoms with Crippen LogP contribution < -0.4 is 10.6 Å². The number of fused-ring (bicyclic) bond motifs is 5. The van der Waals surface area contributed by atoms with Gasteiger partial charge in [-0.1, -0.05) is 35.9 Å². The molecule has 3 aliphatic carbocycles. The van der Waals surface area contributed by atoms with Gasteiger partial charge < -0.3 is 10.6 Å². The standard InChI is InChI=1S/C23H27ClN4O2.HI/c1-25-22(27-13-23(7-8-23)16-3-2-4-17(24)12-16)26-9-10-28-20(29)18-14-5-6-15(11-14)19(18)21(28)30;/h2-6,12,14-15,18-19H,7-11,13H2,1H3,(H2,25,26,27);1H. The molecular formula is C23H28ClIN4O2. The van der Waals surface area contributed by atoms with Gasteiger partial charge in [0.1, 0.15) is 0 Å². The fraction of sp³-hybridized carbons (Fsp3) is 0.522. The lowest BCUT2D eigenvalue weighted by Gasteiger charge is -2.21. The number of allylic oxidation sites excluding steroid dienone is 2. The molecule has 1 saturated heterocycles. The largest absolute Gasteiger partial charge is 0.356 e. The summed E-state index contributed by atoms with van der Waals surface area (Å²) in [4.78, 5) is 31.3. The Kier molecular flexibility index (Phi) is 6.36. The summed E-state index contributed by atoms with van der Waals surface area (Å²) in [7, 11) is 1.73. The van der Waals surface area contributed by atoms with Crippen LogP contribution in [0.2, 0.25) is 5.02 Å². The van der Waals surface area contributed by atoms with Crippen molar-refractivity contribution in [2.75, 3.05) is 26.7 Å². The lowest BCUT2D eigenvalue weighted by atomic mass is 9.85. The van der Waals surface area contributed by atoms with Crippen molar-refractivity contribution in [1.82, 2.24) is 15.5 Å². The number of hydrogen-bond acceptors (Lipinski definition) is 3. The Balaban J connectivity index is 0.00000231. The average Bonchev–Trinajstić information content (AvgIpc) is 3.13. The molecule has 1 aromatic carbocycles. The van der Waals surface area contributed by atoms with Crippen LogP contribution in [0.25, 0.3) is 0 Å². The number of hydrogen-bond donors (Lipinski definition) is 2. The molecule has 8 heteroatoms. The van der Waals surface area contributed by atoms with Gasteiger partial charge in [0, 0.05) is 37.1 Å². The highest BCUT2D eigenvalue weighted by Gasteiger charge is 2.58. The van der Waals surface area contributed by atoms with E-state index in [1.165, 1.54) is 10.5 Å². The number of aliphatic imine (C=N–C) groups is 1. The topological polar surface area (TPSA) is 73.8 Å². The SMILES string of the molecule is CN=C(NCCN1C(=O)C2C3C=CC(C3)C2C1=O)NCC1(c2cccc(Cl)c2)CC1.I. The van der Waals surface area contributed by atoms with Crippen LogP contribution in [0.3, 0.4) is 0 Å². The van der Waals surface area contributed by atoms with Gasteiger partial charge in [0.2, 0.25) is 11.8 Å². The maximum atomic E-state index is 12.8. The molecule has 1 aromatic rings. The van der Waals surface area contributed by atoms with Crippen LogP contribution in [0.1, 0.15) is 24.8 Å². The number of amides is 2. The van der Waals surface area contributed by atoms with E-state index in [0.29, 0.717) is 19.0 Å². The molecule has 0 radical (unpaired) electrons. The smallest absolute Gasteiger partial charge is 0.233 e. The van der Waals surface area contributed by atoms with Crippen molar-refractivity contribution in [3.8, 4) is 0 Å². The molecule has 2 amide bonds. The lowest BCUT2D eigenvalue weighted by Crippen LogP contribution is -2.45. The van der Waals surface area contributed by atoms with Crippen molar-refractivity contribution >= 4 is 53.4 Å². The third-order valence-corrected chi connectivity index (χ3v) is 7.53. The van der Waals surface area contributed by atoms with Crippen LogP contribution in [0.5, 0.6) is 0 Å². The number of benzene rings is 1. The summed E-state index contributed by atoms with van der Waals surface area (Å²) in [5.74, 6) is 0.947. The van der Waals surface area contributed by atoms with Gasteiger partial charge >= 0.3 is 0 Å². The number of guanidine groups is 1. The minimum Gasteiger partial charge on any atom is -0.356 e. The number of carbonyl (C=O) groups is 2. The van der Waals surface area contributed by atoms with Crippen molar-refractivity contribution < 1.29 is 9.59 Å². The van der Waals surface area contributed by atoms with Gasteiger partial charge in [-0.3, -0.25) is 19.5 Å². The highest BCUT2D eigenvalue weighted by molar-refractivity contribution is 14.0. The number of nitrogens with zero attached hydrogens (tertiary/aromatic N) is 2. The highest BCUT2D eigenvalue weighted by Crippen LogP contribution is 2.52. The summed E-state index contributed by atoms with van der Waals surface area (Å²) < 4.78 is 0. The van der Waals surface area contributed by atoms with E-state index in [2.05, 4.69) is 33.8 Å². The molecule has 0 aromatic heterocycles. The van der Waals surface area contributed by atoms with Gasteiger partial charge in [0.15, 0.2) is 5.96 Å². The first-order valence-electron chi connectivity index (χ1n) is 10.8. The summed E-state index contributed by atoms with van der Waals surface area (Å²) >= 11 is 6.16. The fourth-order valence-corrected chi connectivity index (χ4v) is 5.67. The van der Waals surface area contributed by atoms with E-state index in [0.717, 1.165) is 30.8 Å². The second-order valence-electron chi connectivity index (χ2n) is 8.97. The molecule has 2 bridgehead atoms. The van der Waals surface area contributed by atoms with E-state index in [9.17, 15) is 9.59 Å². The number of imide groups is 1. The third-order valence-electron chi connectivity index (χ3n) is 7.30. The van der Waals surface area contributed by atoms with Gasteiger partial charge in [-0.2, -0.15) is 0 Å². The minimum atomic E-state index is -0.127. The average molecular weight is 555 g/mol. The molecule has 1 aliphatic heterocycles. The molecule has 31 heavy (non-hydrogen) atoms. The van der Waals surface area contributed by atoms with Crippen molar-refractivity contribution in [2.24, 2.45) is 28.7 Å². The summed E-state index contributed by atoms with van der Waals surface area (Å²) in [5, 5.41) is 7.41. The summed E-state index contributed by atoms with van der Waals surface area (Å²) in [6.45, 7) is 1.64. The zero-order valence-electron chi connectivity index (χ0n) is 17.5. The second kappa shape index (κ2) is 8.73. The van der Waals surface area contributed by atoms with Gasteiger partial charge in [0.05, 0.1) is 11.8 Å². The van der Waals surface area contributed by atoms with Crippen LogP contribution >= 0.6 is 35.6 Å². The van der Waals surface area contributed by atoms with Crippen molar-refractivity contribution in [2.45, 2.75) is 24.7 Å². The zero-order chi connectivity index (χ0) is 20.9. The molecule has 2 saturated carbocycles. The van der Waals surface area contributed by atoms with Crippen LogP contribution in [0, 0.1) is 23.7 Å². The second-order valence-corrected chi connectivity index (χ2v) is 9.41. The maximum Gasteiger partial charge on any atom is 0.233 e. The van der Waals surface area contributed by atoms with E-state index in [1.807, 2.05) is 18.2 Å². The minimum absolute atomic E-state index is 0. The third kappa shape index (κ3) is 3.99. The maximum absolute atomic E-state index is 12.8. The molecule has 4 aliphatic rings. The quantitative estimate of drug-likeness (QED) is 0.186. The van der Waals surface area contributed by atoms with Crippen LogP contribution in [-0.4, -0.2) is 49.4 Å². The monoisotopic (exact) mass is 554 g/mol. The first kappa shape index (κ1) is 22.6. The fourth-order valence-electron chi connectivity index (χ4n) is 5.48. The van der Waals surface area contributed by atoms with Gasteiger partial charge in [-0.15, -0.1) is 24.0 Å². The van der Waals surface area contributed by atoms with Gasteiger partial charge in [0.25, 0.3) is 0 Å². The predicted molar refractivity (Wildman–Crippen MR) is 132 cm³/mol. The van der Waals surface area contributed by atoms with E-state index in [-0.39, 0.29) is 64.9 Å². The molecular weight excluding hydrogens is 527 g/mol. The molecule has 5 rings (SSSR count). The highest BCUT2D eigenvalue weighted by atomic mass is 127. The van der Waals surface area contributed by atoms with E-state index < -0.39 is 0 Å². The van der Waals surface area contributed by atoms with Crippen molar-refractivity contribution in [3.63, 3.8) is 0 Å². The first-order valence-corrected chi connectivity index (χ1v) is 11.1. The molecule has 6 nitrogen and oxygen atoms in total. The predicted octanol–water partition coefficient (Wildman–Crippen LogP) is 2.96. The summed E-state index contributed by atoms with van der Waals surface area (Å²) in [5.41, 5.74) is 1.36. The van der Waals surface area contributed by atoms with Crippen LogP contribution in [0.15, 0.2) is 41.4 Å². The van der Waals surface area contributed by atoms with Crippen molar-refractivity contribution in [1.29, 1.82) is 0 Å². The molecule has 4 atom stereocenters.